The van der Waals surface area contributed by atoms with Crippen LogP contribution in [0.3, 0.4) is 0 Å². The van der Waals surface area contributed by atoms with Crippen LogP contribution in [0.2, 0.25) is 0 Å². The Hall–Kier alpha value is -4.07. The van der Waals surface area contributed by atoms with Crippen molar-refractivity contribution in [2.24, 2.45) is 5.92 Å². The van der Waals surface area contributed by atoms with Crippen LogP contribution in [0.1, 0.15) is 30.0 Å². The monoisotopic (exact) mass is 434 g/mol. The van der Waals surface area contributed by atoms with E-state index < -0.39 is 0 Å². The van der Waals surface area contributed by atoms with Gasteiger partial charge in [0.25, 0.3) is 5.91 Å². The fraction of sp³-hybridized carbons (Fsp3) is 0.208. The molecular formula is C24H26N4O4. The molecule has 3 aromatic rings. The molecule has 8 heteroatoms. The van der Waals surface area contributed by atoms with E-state index in [0.29, 0.717) is 34.9 Å². The highest BCUT2D eigenvalue weighted by Crippen LogP contribution is 2.15. The van der Waals surface area contributed by atoms with E-state index >= 15 is 0 Å². The summed E-state index contributed by atoms with van der Waals surface area (Å²) < 4.78 is 5.20. The van der Waals surface area contributed by atoms with Crippen LogP contribution in [0.4, 0.5) is 17.1 Å². The summed E-state index contributed by atoms with van der Waals surface area (Å²) in [6.45, 7) is 3.97. The number of hydrogen-bond donors (Lipinski definition) is 4. The van der Waals surface area contributed by atoms with Gasteiger partial charge in [0.1, 0.15) is 5.76 Å². The Bertz CT molecular complexity index is 1060. The maximum atomic E-state index is 12.3. The van der Waals surface area contributed by atoms with Gasteiger partial charge in [0.05, 0.1) is 19.4 Å². The highest BCUT2D eigenvalue weighted by Gasteiger charge is 2.09. The van der Waals surface area contributed by atoms with Crippen LogP contribution in [0.25, 0.3) is 0 Å². The first-order valence-corrected chi connectivity index (χ1v) is 10.3. The molecule has 1 aromatic heterocycles. The second kappa shape index (κ2) is 10.8. The second-order valence-corrected chi connectivity index (χ2v) is 7.47. The van der Waals surface area contributed by atoms with Crippen LogP contribution >= 0.6 is 0 Å². The summed E-state index contributed by atoms with van der Waals surface area (Å²) in [7, 11) is 0. The van der Waals surface area contributed by atoms with E-state index in [-0.39, 0.29) is 30.2 Å². The van der Waals surface area contributed by atoms with Crippen molar-refractivity contribution in [3.05, 3.63) is 78.3 Å². The first-order valence-electron chi connectivity index (χ1n) is 10.3. The van der Waals surface area contributed by atoms with Gasteiger partial charge >= 0.3 is 0 Å². The molecule has 166 valence electrons. The summed E-state index contributed by atoms with van der Waals surface area (Å²) in [5.74, 6) is 0.0133. The van der Waals surface area contributed by atoms with Gasteiger partial charge in [0.2, 0.25) is 11.8 Å². The standard InChI is InChI=1S/C24H26N4O4/c1-16(2)23(30)28-19-10-8-18(9-11-19)27-22(29)15-25-20-6-3-5-17(13-20)24(31)26-14-21-7-4-12-32-21/h3-13,16,25H,14-15H2,1-2H3,(H,26,31)(H,27,29)(H,28,30). The summed E-state index contributed by atoms with van der Waals surface area (Å²) in [6.07, 6.45) is 1.55. The lowest BCUT2D eigenvalue weighted by molar-refractivity contribution is -0.119. The number of hydrogen-bond acceptors (Lipinski definition) is 5. The van der Waals surface area contributed by atoms with Crippen molar-refractivity contribution in [2.45, 2.75) is 20.4 Å². The predicted molar refractivity (Wildman–Crippen MR) is 123 cm³/mol. The Morgan fingerprint density at radius 3 is 2.25 bits per heavy atom. The van der Waals surface area contributed by atoms with Gasteiger partial charge in [-0.25, -0.2) is 0 Å². The largest absolute Gasteiger partial charge is 0.467 e. The number of rotatable bonds is 9. The SMILES string of the molecule is CC(C)C(=O)Nc1ccc(NC(=O)CNc2cccc(C(=O)NCc3ccco3)c2)cc1. The van der Waals surface area contributed by atoms with Gasteiger partial charge in [-0.05, 0) is 54.6 Å². The topological polar surface area (TPSA) is 112 Å². The fourth-order valence-corrected chi connectivity index (χ4v) is 2.76. The third-order valence-electron chi connectivity index (χ3n) is 4.54. The zero-order chi connectivity index (χ0) is 22.9. The first-order chi connectivity index (χ1) is 15.4. The number of carbonyl (C=O) groups is 3. The van der Waals surface area contributed by atoms with Gasteiger partial charge < -0.3 is 25.7 Å². The Morgan fingerprint density at radius 1 is 0.875 bits per heavy atom. The third kappa shape index (κ3) is 6.73. The summed E-state index contributed by atoms with van der Waals surface area (Å²) in [4.78, 5) is 36.3. The maximum Gasteiger partial charge on any atom is 0.251 e. The molecule has 8 nitrogen and oxygen atoms in total. The molecule has 1 heterocycles. The molecule has 32 heavy (non-hydrogen) atoms. The van der Waals surface area contributed by atoms with Gasteiger partial charge in [-0.15, -0.1) is 0 Å². The van der Waals surface area contributed by atoms with Crippen LogP contribution in [0.5, 0.6) is 0 Å². The van der Waals surface area contributed by atoms with Crippen molar-refractivity contribution >= 4 is 34.8 Å². The second-order valence-electron chi connectivity index (χ2n) is 7.47. The summed E-state index contributed by atoms with van der Waals surface area (Å²) >= 11 is 0. The van der Waals surface area contributed by atoms with Gasteiger partial charge in [-0.1, -0.05) is 19.9 Å². The lowest BCUT2D eigenvalue weighted by Gasteiger charge is -2.11. The molecule has 3 amide bonds. The molecule has 0 radical (unpaired) electrons. The Labute approximate surface area is 186 Å². The smallest absolute Gasteiger partial charge is 0.251 e. The molecule has 0 saturated carbocycles. The minimum Gasteiger partial charge on any atom is -0.467 e. The number of furan rings is 1. The van der Waals surface area contributed by atoms with Gasteiger partial charge in [0.15, 0.2) is 0 Å². The average Bonchev–Trinajstić information content (AvgIpc) is 3.31. The molecule has 0 aliphatic carbocycles. The zero-order valence-electron chi connectivity index (χ0n) is 18.0. The van der Waals surface area contributed by atoms with E-state index in [9.17, 15) is 14.4 Å². The molecule has 0 bridgehead atoms. The molecule has 0 unspecified atom stereocenters. The number of benzene rings is 2. The van der Waals surface area contributed by atoms with Crippen LogP contribution in [0, 0.1) is 5.92 Å². The van der Waals surface area contributed by atoms with Gasteiger partial charge in [0, 0.05) is 28.5 Å². The van der Waals surface area contributed by atoms with Crippen LogP contribution in [-0.2, 0) is 16.1 Å². The zero-order valence-corrected chi connectivity index (χ0v) is 18.0. The molecule has 0 spiro atoms. The summed E-state index contributed by atoms with van der Waals surface area (Å²) in [6, 6.07) is 17.3. The minimum atomic E-state index is -0.239. The van der Waals surface area contributed by atoms with E-state index in [0.717, 1.165) is 0 Å². The summed E-state index contributed by atoms with van der Waals surface area (Å²) in [5.41, 5.74) is 2.41. The number of anilines is 3. The van der Waals surface area contributed by atoms with Crippen molar-refractivity contribution < 1.29 is 18.8 Å². The number of amides is 3. The quantitative estimate of drug-likeness (QED) is 0.409. The van der Waals surface area contributed by atoms with Crippen molar-refractivity contribution in [3.63, 3.8) is 0 Å². The predicted octanol–water partition coefficient (Wildman–Crippen LogP) is 3.85. The lowest BCUT2D eigenvalue weighted by Crippen LogP contribution is -2.23. The van der Waals surface area contributed by atoms with E-state index in [4.69, 9.17) is 4.42 Å². The normalized spacial score (nSPS) is 10.5. The maximum absolute atomic E-state index is 12.3. The van der Waals surface area contributed by atoms with E-state index in [2.05, 4.69) is 21.3 Å². The Morgan fingerprint density at radius 2 is 1.59 bits per heavy atom. The Balaban J connectivity index is 1.47. The third-order valence-corrected chi connectivity index (χ3v) is 4.54. The van der Waals surface area contributed by atoms with Crippen LogP contribution in [0.15, 0.2) is 71.3 Å². The van der Waals surface area contributed by atoms with Crippen molar-refractivity contribution in [3.8, 4) is 0 Å². The fourth-order valence-electron chi connectivity index (χ4n) is 2.76. The van der Waals surface area contributed by atoms with E-state index in [1.54, 1.807) is 66.9 Å². The van der Waals surface area contributed by atoms with Crippen molar-refractivity contribution in [1.82, 2.24) is 5.32 Å². The average molecular weight is 434 g/mol. The highest BCUT2D eigenvalue weighted by atomic mass is 16.3. The Kier molecular flexibility index (Phi) is 7.64. The molecule has 0 aliphatic rings. The number of carbonyl (C=O) groups excluding carboxylic acids is 3. The molecule has 2 aromatic carbocycles. The molecule has 0 saturated heterocycles. The highest BCUT2D eigenvalue weighted by molar-refractivity contribution is 5.96. The van der Waals surface area contributed by atoms with Gasteiger partial charge in [-0.3, -0.25) is 14.4 Å². The minimum absolute atomic E-state index is 0.0311. The number of nitrogens with one attached hydrogen (secondary N) is 4. The van der Waals surface area contributed by atoms with Crippen LogP contribution < -0.4 is 21.3 Å². The van der Waals surface area contributed by atoms with E-state index in [1.807, 2.05) is 13.8 Å². The van der Waals surface area contributed by atoms with Crippen LogP contribution in [-0.4, -0.2) is 24.3 Å². The molecular weight excluding hydrogens is 408 g/mol. The molecule has 0 aliphatic heterocycles. The summed E-state index contributed by atoms with van der Waals surface area (Å²) in [5, 5.41) is 11.4. The van der Waals surface area contributed by atoms with Crippen molar-refractivity contribution in [2.75, 3.05) is 22.5 Å². The van der Waals surface area contributed by atoms with Gasteiger partial charge in [-0.2, -0.15) is 0 Å². The molecule has 0 atom stereocenters. The lowest BCUT2D eigenvalue weighted by atomic mass is 10.2. The first kappa shape index (κ1) is 22.6. The van der Waals surface area contributed by atoms with Crippen molar-refractivity contribution in [1.29, 1.82) is 0 Å². The molecule has 3 rings (SSSR count). The van der Waals surface area contributed by atoms with E-state index in [1.165, 1.54) is 0 Å². The molecule has 0 fully saturated rings. The molecule has 4 N–H and O–H groups in total.